The Labute approximate surface area is 146 Å². The summed E-state index contributed by atoms with van der Waals surface area (Å²) in [6, 6.07) is 5.15. The quantitative estimate of drug-likeness (QED) is 0.766. The van der Waals surface area contributed by atoms with E-state index in [0.29, 0.717) is 17.8 Å². The summed E-state index contributed by atoms with van der Waals surface area (Å²) in [5, 5.41) is 13.5. The first kappa shape index (κ1) is 17.1. The lowest BCUT2D eigenvalue weighted by atomic mass is 10.1. The molecule has 1 aliphatic rings. The van der Waals surface area contributed by atoms with Gasteiger partial charge in [-0.05, 0) is 25.5 Å². The Balaban J connectivity index is 1.81. The molecule has 3 N–H and O–H groups in total. The highest BCUT2D eigenvalue weighted by Crippen LogP contribution is 2.19. The van der Waals surface area contributed by atoms with Crippen LogP contribution in [0.2, 0.25) is 0 Å². The van der Waals surface area contributed by atoms with Crippen molar-refractivity contribution in [1.82, 2.24) is 25.4 Å². The molecule has 8 nitrogen and oxygen atoms in total. The highest BCUT2D eigenvalue weighted by molar-refractivity contribution is 6.03. The standard InChI is InChI=1S/C17H22N6O2/c1-3-4-13-10-15(24)21-17(19-13)23-14(9-11(2)22-23)20-16(25)12-5-7-18-8-6-12/h5-9,13,17,19H,3-4,10H2,1-2H3,(H,20,25)(H,21,24). The van der Waals surface area contributed by atoms with Gasteiger partial charge in [0.15, 0.2) is 6.29 Å². The summed E-state index contributed by atoms with van der Waals surface area (Å²) in [7, 11) is 0. The van der Waals surface area contributed by atoms with Gasteiger partial charge in [-0.15, -0.1) is 0 Å². The molecular weight excluding hydrogens is 320 g/mol. The maximum absolute atomic E-state index is 12.4. The lowest BCUT2D eigenvalue weighted by molar-refractivity contribution is -0.125. The van der Waals surface area contributed by atoms with E-state index >= 15 is 0 Å². The predicted molar refractivity (Wildman–Crippen MR) is 92.8 cm³/mol. The topological polar surface area (TPSA) is 101 Å². The molecule has 0 saturated carbocycles. The van der Waals surface area contributed by atoms with Gasteiger partial charge in [0, 0.05) is 36.5 Å². The Morgan fingerprint density at radius 2 is 2.16 bits per heavy atom. The molecule has 2 unspecified atom stereocenters. The van der Waals surface area contributed by atoms with E-state index < -0.39 is 6.29 Å². The van der Waals surface area contributed by atoms with Crippen molar-refractivity contribution >= 4 is 17.6 Å². The van der Waals surface area contributed by atoms with Crippen molar-refractivity contribution in [3.8, 4) is 0 Å². The second kappa shape index (κ2) is 7.43. The molecule has 2 aromatic heterocycles. The van der Waals surface area contributed by atoms with Crippen molar-refractivity contribution in [3.63, 3.8) is 0 Å². The molecule has 0 spiro atoms. The molecule has 132 valence electrons. The summed E-state index contributed by atoms with van der Waals surface area (Å²) in [5.74, 6) is 0.242. The molecular formula is C17H22N6O2. The fraction of sp³-hybridized carbons (Fsp3) is 0.412. The molecule has 3 heterocycles. The van der Waals surface area contributed by atoms with Gasteiger partial charge in [-0.25, -0.2) is 4.68 Å². The smallest absolute Gasteiger partial charge is 0.256 e. The monoisotopic (exact) mass is 342 g/mol. The molecule has 1 aliphatic heterocycles. The van der Waals surface area contributed by atoms with Crippen LogP contribution in [0.25, 0.3) is 0 Å². The number of nitrogens with one attached hydrogen (secondary N) is 3. The van der Waals surface area contributed by atoms with E-state index in [4.69, 9.17) is 0 Å². The lowest BCUT2D eigenvalue weighted by Crippen LogP contribution is -2.53. The third-order valence-corrected chi connectivity index (χ3v) is 4.05. The van der Waals surface area contributed by atoms with Crippen LogP contribution < -0.4 is 16.0 Å². The first-order valence-corrected chi connectivity index (χ1v) is 8.39. The Morgan fingerprint density at radius 3 is 2.88 bits per heavy atom. The number of carbonyl (C=O) groups excluding carboxylic acids is 2. The number of aryl methyl sites for hydroxylation is 1. The van der Waals surface area contributed by atoms with Crippen LogP contribution in [0.4, 0.5) is 5.82 Å². The molecule has 0 bridgehead atoms. The molecule has 0 aromatic carbocycles. The maximum Gasteiger partial charge on any atom is 0.256 e. The van der Waals surface area contributed by atoms with Crippen molar-refractivity contribution < 1.29 is 9.59 Å². The number of aromatic nitrogens is 3. The fourth-order valence-electron chi connectivity index (χ4n) is 2.92. The summed E-state index contributed by atoms with van der Waals surface area (Å²) < 4.78 is 1.61. The van der Waals surface area contributed by atoms with Crippen molar-refractivity contribution in [2.75, 3.05) is 5.32 Å². The first-order chi connectivity index (χ1) is 12.1. The van der Waals surface area contributed by atoms with E-state index in [1.54, 1.807) is 35.3 Å². The highest BCUT2D eigenvalue weighted by atomic mass is 16.2. The molecule has 0 radical (unpaired) electrons. The number of pyridine rings is 1. The van der Waals surface area contributed by atoms with Gasteiger partial charge in [-0.2, -0.15) is 5.10 Å². The SMILES string of the molecule is CCCC1CC(=O)NC(n2nc(C)cc2NC(=O)c2ccncc2)N1. The van der Waals surface area contributed by atoms with E-state index in [9.17, 15) is 9.59 Å². The number of hydrogen-bond acceptors (Lipinski definition) is 5. The molecule has 25 heavy (non-hydrogen) atoms. The minimum atomic E-state index is -0.487. The molecule has 2 aromatic rings. The van der Waals surface area contributed by atoms with Crippen molar-refractivity contribution in [3.05, 3.63) is 41.9 Å². The van der Waals surface area contributed by atoms with Crippen LogP contribution in [0.3, 0.4) is 0 Å². The second-order valence-electron chi connectivity index (χ2n) is 6.13. The predicted octanol–water partition coefficient (Wildman–Crippen LogP) is 1.57. The first-order valence-electron chi connectivity index (χ1n) is 8.39. The number of anilines is 1. The fourth-order valence-corrected chi connectivity index (χ4v) is 2.92. The minimum absolute atomic E-state index is 0.0261. The number of nitrogens with zero attached hydrogens (tertiary/aromatic N) is 3. The zero-order valence-electron chi connectivity index (χ0n) is 14.3. The van der Waals surface area contributed by atoms with Crippen molar-refractivity contribution in [1.29, 1.82) is 0 Å². The van der Waals surface area contributed by atoms with E-state index in [1.807, 2.05) is 6.92 Å². The van der Waals surface area contributed by atoms with E-state index in [0.717, 1.165) is 18.5 Å². The average Bonchev–Trinajstić information content (AvgIpc) is 2.96. The maximum atomic E-state index is 12.4. The Kier molecular flexibility index (Phi) is 5.08. The molecule has 1 saturated heterocycles. The van der Waals surface area contributed by atoms with E-state index in [2.05, 4.69) is 33.0 Å². The summed E-state index contributed by atoms with van der Waals surface area (Å²) in [4.78, 5) is 28.3. The zero-order chi connectivity index (χ0) is 17.8. The second-order valence-corrected chi connectivity index (χ2v) is 6.13. The molecule has 1 fully saturated rings. The van der Waals surface area contributed by atoms with Crippen molar-refractivity contribution in [2.24, 2.45) is 0 Å². The third kappa shape index (κ3) is 4.03. The van der Waals surface area contributed by atoms with Crippen LogP contribution in [-0.4, -0.2) is 32.6 Å². The third-order valence-electron chi connectivity index (χ3n) is 4.05. The largest absolute Gasteiger partial charge is 0.322 e. The lowest BCUT2D eigenvalue weighted by Gasteiger charge is -2.32. The van der Waals surface area contributed by atoms with Gasteiger partial charge in [0.1, 0.15) is 5.82 Å². The van der Waals surface area contributed by atoms with Gasteiger partial charge in [0.25, 0.3) is 5.91 Å². The van der Waals surface area contributed by atoms with Gasteiger partial charge in [0.2, 0.25) is 5.91 Å². The van der Waals surface area contributed by atoms with Gasteiger partial charge in [0.05, 0.1) is 5.69 Å². The molecule has 0 aliphatic carbocycles. The van der Waals surface area contributed by atoms with Gasteiger partial charge in [-0.3, -0.25) is 19.9 Å². The number of rotatable bonds is 5. The summed E-state index contributed by atoms with van der Waals surface area (Å²) in [6.45, 7) is 3.92. The summed E-state index contributed by atoms with van der Waals surface area (Å²) >= 11 is 0. The molecule has 8 heteroatoms. The Bertz CT molecular complexity index is 758. The summed E-state index contributed by atoms with van der Waals surface area (Å²) in [5.41, 5.74) is 1.25. The van der Waals surface area contributed by atoms with Crippen LogP contribution in [0.15, 0.2) is 30.6 Å². The average molecular weight is 342 g/mol. The Morgan fingerprint density at radius 1 is 1.40 bits per heavy atom. The minimum Gasteiger partial charge on any atom is -0.322 e. The number of amides is 2. The Hall–Kier alpha value is -2.74. The van der Waals surface area contributed by atoms with Gasteiger partial charge >= 0.3 is 0 Å². The van der Waals surface area contributed by atoms with Crippen LogP contribution in [0.1, 0.15) is 48.5 Å². The van der Waals surface area contributed by atoms with Crippen LogP contribution in [-0.2, 0) is 4.79 Å². The van der Waals surface area contributed by atoms with E-state index in [-0.39, 0.29) is 17.9 Å². The molecule has 2 amide bonds. The van der Waals surface area contributed by atoms with Crippen LogP contribution in [0, 0.1) is 6.92 Å². The number of carbonyl (C=O) groups is 2. The van der Waals surface area contributed by atoms with Gasteiger partial charge in [-0.1, -0.05) is 13.3 Å². The van der Waals surface area contributed by atoms with Crippen LogP contribution in [0.5, 0.6) is 0 Å². The molecule has 3 rings (SSSR count). The highest BCUT2D eigenvalue weighted by Gasteiger charge is 2.28. The number of hydrogen-bond donors (Lipinski definition) is 3. The van der Waals surface area contributed by atoms with Crippen molar-refractivity contribution in [2.45, 2.75) is 45.4 Å². The van der Waals surface area contributed by atoms with Gasteiger partial charge < -0.3 is 10.6 Å². The normalized spacial score (nSPS) is 20.2. The van der Waals surface area contributed by atoms with Crippen LogP contribution >= 0.6 is 0 Å². The molecule has 2 atom stereocenters. The van der Waals surface area contributed by atoms with E-state index in [1.165, 1.54) is 0 Å². The zero-order valence-corrected chi connectivity index (χ0v) is 14.3. The summed E-state index contributed by atoms with van der Waals surface area (Å²) in [6.07, 6.45) is 4.98.